The zero-order valence-corrected chi connectivity index (χ0v) is 11.2. The molecule has 2 nitrogen and oxygen atoms in total. The van der Waals surface area contributed by atoms with Crippen molar-refractivity contribution in [3.63, 3.8) is 0 Å². The smallest absolute Gasteiger partial charge is 0.230 e. The fraction of sp³-hybridized carbons (Fsp3) is 0.462. The summed E-state index contributed by atoms with van der Waals surface area (Å²) in [6, 6.07) is 5.14. The van der Waals surface area contributed by atoms with Gasteiger partial charge in [0, 0.05) is 11.1 Å². The molecule has 1 aromatic rings. The number of carbonyl (C=O) groups excluding carboxylic acids is 1. The number of amides is 1. The summed E-state index contributed by atoms with van der Waals surface area (Å²) in [5, 5.41) is 3.87. The van der Waals surface area contributed by atoms with Gasteiger partial charge in [0.2, 0.25) is 5.91 Å². The molecule has 0 spiro atoms. The van der Waals surface area contributed by atoms with E-state index in [0.29, 0.717) is 15.7 Å². The fourth-order valence-corrected chi connectivity index (χ4v) is 2.54. The highest BCUT2D eigenvalue weighted by atomic mass is 35.5. The Labute approximate surface area is 111 Å². The lowest BCUT2D eigenvalue weighted by molar-refractivity contribution is -0.124. The van der Waals surface area contributed by atoms with Crippen molar-refractivity contribution >= 4 is 34.8 Å². The van der Waals surface area contributed by atoms with Crippen molar-refractivity contribution in [1.29, 1.82) is 0 Å². The van der Waals surface area contributed by atoms with Crippen LogP contribution in [0.5, 0.6) is 0 Å². The highest BCUT2D eigenvalue weighted by molar-refractivity contribution is 6.42. The molecule has 0 bridgehead atoms. The Balaban J connectivity index is 2.10. The number of anilines is 1. The van der Waals surface area contributed by atoms with E-state index < -0.39 is 0 Å². The Kier molecular flexibility index (Phi) is 3.64. The van der Waals surface area contributed by atoms with E-state index in [0.717, 1.165) is 25.7 Å². The molecule has 1 amide bonds. The Bertz CT molecular complexity index is 439. The summed E-state index contributed by atoms with van der Waals surface area (Å²) < 4.78 is 0. The summed E-state index contributed by atoms with van der Waals surface area (Å²) in [6.07, 6.45) is 4.18. The molecule has 0 radical (unpaired) electrons. The zero-order valence-electron chi connectivity index (χ0n) is 9.72. The second-order valence-electron chi connectivity index (χ2n) is 4.85. The van der Waals surface area contributed by atoms with Crippen LogP contribution in [0.2, 0.25) is 10.0 Å². The predicted molar refractivity (Wildman–Crippen MR) is 71.7 cm³/mol. The molecule has 1 saturated carbocycles. The van der Waals surface area contributed by atoms with Gasteiger partial charge in [0.25, 0.3) is 0 Å². The average molecular weight is 272 g/mol. The van der Waals surface area contributed by atoms with E-state index in [4.69, 9.17) is 23.2 Å². The first-order valence-corrected chi connectivity index (χ1v) is 6.53. The molecule has 0 aliphatic heterocycles. The third kappa shape index (κ3) is 2.75. The van der Waals surface area contributed by atoms with E-state index in [1.807, 2.05) is 6.92 Å². The first-order valence-electron chi connectivity index (χ1n) is 5.78. The van der Waals surface area contributed by atoms with Crippen LogP contribution in [-0.2, 0) is 4.79 Å². The molecular formula is C13H15Cl2NO. The molecule has 0 aromatic heterocycles. The summed E-state index contributed by atoms with van der Waals surface area (Å²) in [6.45, 7) is 2.02. The molecule has 2 rings (SSSR count). The Hall–Kier alpha value is -0.730. The van der Waals surface area contributed by atoms with Crippen LogP contribution in [0.25, 0.3) is 0 Å². The van der Waals surface area contributed by atoms with Gasteiger partial charge in [0.05, 0.1) is 10.0 Å². The van der Waals surface area contributed by atoms with Crippen LogP contribution in [-0.4, -0.2) is 5.91 Å². The van der Waals surface area contributed by atoms with Crippen LogP contribution in [0.1, 0.15) is 32.6 Å². The van der Waals surface area contributed by atoms with Gasteiger partial charge in [0.15, 0.2) is 0 Å². The summed E-state index contributed by atoms with van der Waals surface area (Å²) in [5.74, 6) is 0.0772. The van der Waals surface area contributed by atoms with E-state index in [-0.39, 0.29) is 11.3 Å². The number of benzene rings is 1. The summed E-state index contributed by atoms with van der Waals surface area (Å²) in [4.78, 5) is 12.1. The Morgan fingerprint density at radius 3 is 2.47 bits per heavy atom. The SMILES string of the molecule is CC1(C(=O)Nc2ccc(Cl)c(Cl)c2)CCCC1. The lowest BCUT2D eigenvalue weighted by atomic mass is 9.88. The van der Waals surface area contributed by atoms with Gasteiger partial charge in [-0.05, 0) is 31.0 Å². The minimum atomic E-state index is -0.230. The lowest BCUT2D eigenvalue weighted by Crippen LogP contribution is -2.30. The van der Waals surface area contributed by atoms with Gasteiger partial charge in [-0.3, -0.25) is 4.79 Å². The molecule has 17 heavy (non-hydrogen) atoms. The molecule has 1 N–H and O–H groups in total. The standard InChI is InChI=1S/C13H15Cl2NO/c1-13(6-2-3-7-13)12(17)16-9-4-5-10(14)11(15)8-9/h4-5,8H,2-3,6-7H2,1H3,(H,16,17). The van der Waals surface area contributed by atoms with Gasteiger partial charge in [-0.25, -0.2) is 0 Å². The van der Waals surface area contributed by atoms with Crippen LogP contribution in [0.3, 0.4) is 0 Å². The summed E-state index contributed by atoms with van der Waals surface area (Å²) in [7, 11) is 0. The van der Waals surface area contributed by atoms with Crippen molar-refractivity contribution < 1.29 is 4.79 Å². The minimum absolute atomic E-state index is 0.0772. The van der Waals surface area contributed by atoms with E-state index >= 15 is 0 Å². The maximum absolute atomic E-state index is 12.1. The van der Waals surface area contributed by atoms with E-state index in [1.165, 1.54) is 0 Å². The maximum atomic E-state index is 12.1. The van der Waals surface area contributed by atoms with E-state index in [9.17, 15) is 4.79 Å². The number of nitrogens with one attached hydrogen (secondary N) is 1. The molecule has 4 heteroatoms. The molecule has 92 valence electrons. The molecule has 0 saturated heterocycles. The second kappa shape index (κ2) is 4.87. The van der Waals surface area contributed by atoms with Crippen LogP contribution in [0.15, 0.2) is 18.2 Å². The molecule has 1 aliphatic carbocycles. The summed E-state index contributed by atoms with van der Waals surface area (Å²) in [5.41, 5.74) is 0.476. The Morgan fingerprint density at radius 2 is 1.88 bits per heavy atom. The number of rotatable bonds is 2. The molecule has 0 unspecified atom stereocenters. The molecule has 1 aliphatic rings. The van der Waals surface area contributed by atoms with Gasteiger partial charge >= 0.3 is 0 Å². The van der Waals surface area contributed by atoms with Crippen molar-refractivity contribution in [2.75, 3.05) is 5.32 Å². The van der Waals surface area contributed by atoms with Crippen molar-refractivity contribution in [1.82, 2.24) is 0 Å². The number of halogens is 2. The maximum Gasteiger partial charge on any atom is 0.230 e. The monoisotopic (exact) mass is 271 g/mol. The first kappa shape index (κ1) is 12.7. The number of hydrogen-bond acceptors (Lipinski definition) is 1. The molecule has 1 aromatic carbocycles. The zero-order chi connectivity index (χ0) is 12.5. The van der Waals surface area contributed by atoms with Crippen LogP contribution in [0, 0.1) is 5.41 Å². The topological polar surface area (TPSA) is 29.1 Å². The van der Waals surface area contributed by atoms with Crippen molar-refractivity contribution in [3.8, 4) is 0 Å². The fourth-order valence-electron chi connectivity index (χ4n) is 2.24. The molecular weight excluding hydrogens is 257 g/mol. The third-order valence-electron chi connectivity index (χ3n) is 3.43. The van der Waals surface area contributed by atoms with Crippen molar-refractivity contribution in [2.24, 2.45) is 5.41 Å². The van der Waals surface area contributed by atoms with Crippen molar-refractivity contribution in [3.05, 3.63) is 28.2 Å². The normalized spacial score (nSPS) is 18.1. The predicted octanol–water partition coefficient (Wildman–Crippen LogP) is 4.51. The average Bonchev–Trinajstić information content (AvgIpc) is 2.72. The lowest BCUT2D eigenvalue weighted by Gasteiger charge is -2.22. The van der Waals surface area contributed by atoms with Gasteiger partial charge in [0.1, 0.15) is 0 Å². The minimum Gasteiger partial charge on any atom is -0.326 e. The van der Waals surface area contributed by atoms with Gasteiger partial charge < -0.3 is 5.32 Å². The number of hydrogen-bond donors (Lipinski definition) is 1. The molecule has 0 heterocycles. The first-order chi connectivity index (χ1) is 8.01. The van der Waals surface area contributed by atoms with Crippen molar-refractivity contribution in [2.45, 2.75) is 32.6 Å². The van der Waals surface area contributed by atoms with E-state index in [1.54, 1.807) is 18.2 Å². The van der Waals surface area contributed by atoms with Gasteiger partial charge in [-0.2, -0.15) is 0 Å². The third-order valence-corrected chi connectivity index (χ3v) is 4.17. The van der Waals surface area contributed by atoms with Crippen LogP contribution < -0.4 is 5.32 Å². The second-order valence-corrected chi connectivity index (χ2v) is 5.67. The highest BCUT2D eigenvalue weighted by Gasteiger charge is 2.36. The van der Waals surface area contributed by atoms with Crippen LogP contribution >= 0.6 is 23.2 Å². The highest BCUT2D eigenvalue weighted by Crippen LogP contribution is 2.38. The quantitative estimate of drug-likeness (QED) is 0.843. The Morgan fingerprint density at radius 1 is 1.24 bits per heavy atom. The molecule has 0 atom stereocenters. The van der Waals surface area contributed by atoms with Gasteiger partial charge in [-0.15, -0.1) is 0 Å². The largest absolute Gasteiger partial charge is 0.326 e. The summed E-state index contributed by atoms with van der Waals surface area (Å²) >= 11 is 11.7. The van der Waals surface area contributed by atoms with Crippen LogP contribution in [0.4, 0.5) is 5.69 Å². The van der Waals surface area contributed by atoms with E-state index in [2.05, 4.69) is 5.32 Å². The van der Waals surface area contributed by atoms with Gasteiger partial charge in [-0.1, -0.05) is 43.0 Å². The number of carbonyl (C=O) groups is 1. The molecule has 1 fully saturated rings.